The Morgan fingerprint density at radius 1 is 1.15 bits per heavy atom. The van der Waals surface area contributed by atoms with Crippen molar-refractivity contribution in [2.24, 2.45) is 5.92 Å². The number of fused-ring (bicyclic) bond motifs is 4. The first-order valence-electron chi connectivity index (χ1n) is 9.07. The van der Waals surface area contributed by atoms with Crippen molar-refractivity contribution in [2.75, 3.05) is 6.26 Å². The first kappa shape index (κ1) is 16.7. The van der Waals surface area contributed by atoms with Gasteiger partial charge < -0.3 is 9.67 Å². The largest absolute Gasteiger partial charge is 0.388 e. The van der Waals surface area contributed by atoms with Crippen LogP contribution < -0.4 is 0 Å². The van der Waals surface area contributed by atoms with Gasteiger partial charge in [0.2, 0.25) is 0 Å². The van der Waals surface area contributed by atoms with E-state index in [1.165, 1.54) is 11.8 Å². The van der Waals surface area contributed by atoms with Crippen molar-refractivity contribution >= 4 is 9.84 Å². The Morgan fingerprint density at radius 3 is 2.78 bits per heavy atom. The third-order valence-corrected chi connectivity index (χ3v) is 7.05. The van der Waals surface area contributed by atoms with Crippen molar-refractivity contribution in [2.45, 2.75) is 29.9 Å². The fourth-order valence-corrected chi connectivity index (χ4v) is 5.31. The second kappa shape index (κ2) is 5.78. The number of imidazole rings is 1. The van der Waals surface area contributed by atoms with Crippen LogP contribution in [0.15, 0.2) is 59.9 Å². The second-order valence-electron chi connectivity index (χ2n) is 7.50. The maximum Gasteiger partial charge on any atom is 0.175 e. The molecule has 0 saturated heterocycles. The predicted molar refractivity (Wildman–Crippen MR) is 102 cm³/mol. The smallest absolute Gasteiger partial charge is 0.175 e. The van der Waals surface area contributed by atoms with Gasteiger partial charge in [0.05, 0.1) is 35.3 Å². The molecule has 0 radical (unpaired) electrons. The molecule has 2 aliphatic rings. The highest BCUT2D eigenvalue weighted by atomic mass is 32.2. The van der Waals surface area contributed by atoms with E-state index in [9.17, 15) is 13.5 Å². The number of hydrogen-bond donors (Lipinski definition) is 1. The van der Waals surface area contributed by atoms with Crippen molar-refractivity contribution in [1.29, 1.82) is 0 Å². The number of nitrogens with zero attached hydrogens (tertiary/aromatic N) is 2. The minimum atomic E-state index is -3.31. The summed E-state index contributed by atoms with van der Waals surface area (Å²) in [6.07, 6.45) is 5.83. The topological polar surface area (TPSA) is 72.2 Å². The average Bonchev–Trinajstić information content (AvgIpc) is 3.23. The highest BCUT2D eigenvalue weighted by Crippen LogP contribution is 2.49. The summed E-state index contributed by atoms with van der Waals surface area (Å²) in [5.74, 6) is -0.0380. The normalized spacial score (nSPS) is 23.6. The lowest BCUT2D eigenvalue weighted by Crippen LogP contribution is -2.28. The Labute approximate surface area is 158 Å². The Morgan fingerprint density at radius 2 is 1.96 bits per heavy atom. The van der Waals surface area contributed by atoms with E-state index in [0.717, 1.165) is 35.2 Å². The van der Waals surface area contributed by atoms with Gasteiger partial charge in [0.25, 0.3) is 0 Å². The first-order chi connectivity index (χ1) is 12.9. The number of aliphatic hydroxyl groups is 1. The molecule has 1 aromatic heterocycles. The molecule has 0 unspecified atom stereocenters. The van der Waals surface area contributed by atoms with Crippen LogP contribution in [0.3, 0.4) is 0 Å². The molecule has 5 rings (SSSR count). The first-order valence-corrected chi connectivity index (χ1v) is 11.0. The van der Waals surface area contributed by atoms with Gasteiger partial charge in [0.15, 0.2) is 9.84 Å². The molecule has 0 saturated carbocycles. The van der Waals surface area contributed by atoms with Crippen molar-refractivity contribution in [3.63, 3.8) is 0 Å². The number of aryl methyl sites for hydroxylation is 1. The maximum absolute atomic E-state index is 12.0. The molecule has 3 aromatic rings. The second-order valence-corrected chi connectivity index (χ2v) is 9.51. The molecule has 2 heterocycles. The molecule has 0 amide bonds. The summed E-state index contributed by atoms with van der Waals surface area (Å²) in [6, 6.07) is 13.4. The maximum atomic E-state index is 12.0. The summed E-state index contributed by atoms with van der Waals surface area (Å²) in [6.45, 7) is 0. The van der Waals surface area contributed by atoms with Crippen LogP contribution >= 0.6 is 0 Å². The summed E-state index contributed by atoms with van der Waals surface area (Å²) in [7, 11) is -3.31. The lowest BCUT2D eigenvalue weighted by atomic mass is 9.76. The monoisotopic (exact) mass is 380 g/mol. The van der Waals surface area contributed by atoms with Crippen LogP contribution in [-0.2, 0) is 16.3 Å². The zero-order valence-corrected chi connectivity index (χ0v) is 15.7. The molecule has 2 aromatic carbocycles. The molecule has 0 fully saturated rings. The van der Waals surface area contributed by atoms with Gasteiger partial charge in [-0.2, -0.15) is 0 Å². The quantitative estimate of drug-likeness (QED) is 0.741. The zero-order chi connectivity index (χ0) is 18.8. The minimum Gasteiger partial charge on any atom is -0.388 e. The highest BCUT2D eigenvalue weighted by molar-refractivity contribution is 7.90. The van der Waals surface area contributed by atoms with Gasteiger partial charge in [-0.15, -0.1) is 0 Å². The van der Waals surface area contributed by atoms with E-state index in [1.807, 2.05) is 30.7 Å². The average molecular weight is 380 g/mol. The van der Waals surface area contributed by atoms with Crippen molar-refractivity contribution in [3.05, 3.63) is 71.7 Å². The van der Waals surface area contributed by atoms with E-state index in [0.29, 0.717) is 0 Å². The lowest BCUT2D eigenvalue weighted by molar-refractivity contribution is 0.0718. The predicted octanol–water partition coefficient (Wildman–Crippen LogP) is 3.15. The van der Waals surface area contributed by atoms with Crippen LogP contribution in [0, 0.1) is 5.92 Å². The van der Waals surface area contributed by atoms with E-state index >= 15 is 0 Å². The number of aromatic nitrogens is 2. The third kappa shape index (κ3) is 2.47. The lowest BCUT2D eigenvalue weighted by Gasteiger charge is -2.35. The molecule has 6 heteroatoms. The summed E-state index contributed by atoms with van der Waals surface area (Å²) in [5.41, 5.74) is 5.19. The van der Waals surface area contributed by atoms with E-state index in [-0.39, 0.29) is 16.9 Å². The highest BCUT2D eigenvalue weighted by Gasteiger charge is 2.40. The molecule has 1 aliphatic carbocycles. The molecular weight excluding hydrogens is 360 g/mol. The third-order valence-electron chi connectivity index (χ3n) is 5.94. The molecule has 3 atom stereocenters. The van der Waals surface area contributed by atoms with Gasteiger partial charge in [0.1, 0.15) is 0 Å². The molecule has 5 nitrogen and oxygen atoms in total. The Hall–Kier alpha value is -2.44. The minimum absolute atomic E-state index is 0.00346. The van der Waals surface area contributed by atoms with Gasteiger partial charge in [-0.25, -0.2) is 13.4 Å². The van der Waals surface area contributed by atoms with E-state index in [4.69, 9.17) is 0 Å². The molecule has 1 N–H and O–H groups in total. The van der Waals surface area contributed by atoms with Crippen LogP contribution in [0.1, 0.15) is 35.3 Å². The van der Waals surface area contributed by atoms with Crippen LogP contribution in [0.2, 0.25) is 0 Å². The standard InChI is InChI=1S/C21H20N2O3S/c1-27(25,26)14-8-6-13-7-9-17(21(24)18(13)10-14)20-16-5-3-2-4-15(16)19-11-22-12-23(19)20/h2-6,8,10-12,17,20-21,24H,7,9H2,1H3/t17-,20+,21+/m0/s1. The van der Waals surface area contributed by atoms with Crippen molar-refractivity contribution in [1.82, 2.24) is 9.55 Å². The summed E-state index contributed by atoms with van der Waals surface area (Å²) in [5, 5.41) is 11.2. The van der Waals surface area contributed by atoms with Crippen molar-refractivity contribution < 1.29 is 13.5 Å². The molecule has 138 valence electrons. The molecule has 27 heavy (non-hydrogen) atoms. The number of benzene rings is 2. The van der Waals surface area contributed by atoms with Crippen molar-refractivity contribution in [3.8, 4) is 11.3 Å². The molecule has 0 spiro atoms. The van der Waals surface area contributed by atoms with Gasteiger partial charge in [-0.3, -0.25) is 0 Å². The Bertz CT molecular complexity index is 1150. The van der Waals surface area contributed by atoms with Crippen LogP contribution in [-0.4, -0.2) is 29.3 Å². The van der Waals surface area contributed by atoms with Crippen LogP contribution in [0.5, 0.6) is 0 Å². The molecule has 1 aliphatic heterocycles. The fourth-order valence-electron chi connectivity index (χ4n) is 4.66. The van der Waals surface area contributed by atoms with Gasteiger partial charge in [-0.1, -0.05) is 30.3 Å². The SMILES string of the molecule is CS(=O)(=O)c1ccc2c(c1)[C@H](O)[C@H]([C@H]1c3ccccc3-c3cncn31)CC2. The van der Waals surface area contributed by atoms with Crippen LogP contribution in [0.25, 0.3) is 11.3 Å². The van der Waals surface area contributed by atoms with Gasteiger partial charge in [-0.05, 0) is 41.7 Å². The van der Waals surface area contributed by atoms with Gasteiger partial charge in [0, 0.05) is 17.7 Å². The van der Waals surface area contributed by atoms with Crippen LogP contribution in [0.4, 0.5) is 0 Å². The molecular formula is C21H20N2O3S. The number of hydrogen-bond acceptors (Lipinski definition) is 4. The Kier molecular flexibility index (Phi) is 3.58. The zero-order valence-electron chi connectivity index (χ0n) is 14.9. The fraction of sp³-hybridized carbons (Fsp3) is 0.286. The summed E-state index contributed by atoms with van der Waals surface area (Å²) in [4.78, 5) is 4.57. The Balaban J connectivity index is 1.61. The van der Waals surface area contributed by atoms with E-state index in [1.54, 1.807) is 12.1 Å². The number of aliphatic hydroxyl groups excluding tert-OH is 1. The summed E-state index contributed by atoms with van der Waals surface area (Å²) < 4.78 is 26.1. The van der Waals surface area contributed by atoms with Gasteiger partial charge >= 0.3 is 0 Å². The number of rotatable bonds is 2. The summed E-state index contributed by atoms with van der Waals surface area (Å²) >= 11 is 0. The number of sulfone groups is 1. The molecule has 0 bridgehead atoms. The van der Waals surface area contributed by atoms with E-state index < -0.39 is 15.9 Å². The van der Waals surface area contributed by atoms with E-state index in [2.05, 4.69) is 21.7 Å².